The lowest BCUT2D eigenvalue weighted by molar-refractivity contribution is -0.132. The van der Waals surface area contributed by atoms with Gasteiger partial charge in [0.2, 0.25) is 5.91 Å². The van der Waals surface area contributed by atoms with Gasteiger partial charge in [0.15, 0.2) is 0 Å². The number of H-pyrrole nitrogens is 1. The molecule has 0 spiro atoms. The van der Waals surface area contributed by atoms with Crippen LogP contribution < -0.4 is 5.56 Å². The fourth-order valence-corrected chi connectivity index (χ4v) is 3.23. The molecule has 1 aromatic rings. The fourth-order valence-electron chi connectivity index (χ4n) is 3.23. The van der Waals surface area contributed by atoms with Gasteiger partial charge in [0.05, 0.1) is 0 Å². The van der Waals surface area contributed by atoms with E-state index in [0.717, 1.165) is 30.8 Å². The van der Waals surface area contributed by atoms with Gasteiger partial charge in [0, 0.05) is 25.2 Å². The molecule has 5 heteroatoms. The van der Waals surface area contributed by atoms with Crippen LogP contribution in [-0.4, -0.2) is 28.9 Å². The van der Waals surface area contributed by atoms with E-state index in [2.05, 4.69) is 11.9 Å². The molecule has 0 unspecified atom stereocenters. The number of aryl methyl sites for hydroxylation is 1. The minimum absolute atomic E-state index is 0.152. The average molecular weight is 301 g/mol. The summed E-state index contributed by atoms with van der Waals surface area (Å²) in [5.74, 6) is 0.731. The molecule has 0 aliphatic carbocycles. The lowest BCUT2D eigenvalue weighted by Crippen LogP contribution is -2.39. The second-order valence-corrected chi connectivity index (χ2v) is 6.26. The molecular formula is C17H23N3O2. The number of nitriles is 1. The predicted octanol–water partition coefficient (Wildman–Crippen LogP) is 2.05. The Hall–Kier alpha value is -2.09. The van der Waals surface area contributed by atoms with Crippen molar-refractivity contribution in [3.8, 4) is 6.07 Å². The van der Waals surface area contributed by atoms with Crippen molar-refractivity contribution < 1.29 is 4.79 Å². The quantitative estimate of drug-likeness (QED) is 0.928. The van der Waals surface area contributed by atoms with Gasteiger partial charge in [0.1, 0.15) is 11.6 Å². The summed E-state index contributed by atoms with van der Waals surface area (Å²) in [5.41, 5.74) is 2.16. The van der Waals surface area contributed by atoms with Crippen molar-refractivity contribution in [2.75, 3.05) is 13.1 Å². The number of aromatic nitrogens is 1. The zero-order valence-corrected chi connectivity index (χ0v) is 13.5. The molecule has 5 nitrogen and oxygen atoms in total. The number of amides is 1. The van der Waals surface area contributed by atoms with E-state index in [0.29, 0.717) is 24.3 Å². The summed E-state index contributed by atoms with van der Waals surface area (Å²) in [7, 11) is 0. The molecule has 1 aliphatic rings. The van der Waals surface area contributed by atoms with Crippen LogP contribution in [0.3, 0.4) is 0 Å². The highest BCUT2D eigenvalue weighted by Crippen LogP contribution is 2.19. The highest BCUT2D eigenvalue weighted by atomic mass is 16.2. The average Bonchev–Trinajstić information content (AvgIpc) is 2.46. The predicted molar refractivity (Wildman–Crippen MR) is 84.6 cm³/mol. The third-order valence-corrected chi connectivity index (χ3v) is 4.52. The third-order valence-electron chi connectivity index (χ3n) is 4.52. The van der Waals surface area contributed by atoms with Gasteiger partial charge in [-0.1, -0.05) is 6.92 Å². The van der Waals surface area contributed by atoms with Crippen LogP contribution in [0, 0.1) is 31.1 Å². The summed E-state index contributed by atoms with van der Waals surface area (Å²) in [5, 5.41) is 9.08. The first kappa shape index (κ1) is 16.3. The monoisotopic (exact) mass is 301 g/mol. The number of nitrogens with zero attached hydrogens (tertiary/aromatic N) is 2. The molecule has 0 radical (unpaired) electrons. The Morgan fingerprint density at radius 1 is 1.45 bits per heavy atom. The molecule has 1 N–H and O–H groups in total. The van der Waals surface area contributed by atoms with Crippen molar-refractivity contribution in [3.63, 3.8) is 0 Å². The van der Waals surface area contributed by atoms with Crippen LogP contribution >= 0.6 is 0 Å². The van der Waals surface area contributed by atoms with Crippen molar-refractivity contribution in [2.45, 2.75) is 46.5 Å². The van der Waals surface area contributed by atoms with Crippen LogP contribution in [0.5, 0.6) is 0 Å². The Bertz CT molecular complexity index is 670. The van der Waals surface area contributed by atoms with Gasteiger partial charge in [-0.05, 0) is 50.2 Å². The second-order valence-electron chi connectivity index (χ2n) is 6.26. The maximum Gasteiger partial charge on any atom is 0.266 e. The number of aromatic amines is 1. The summed E-state index contributed by atoms with van der Waals surface area (Å²) in [6.07, 6.45) is 3.24. The van der Waals surface area contributed by atoms with Crippen LogP contribution in [0.15, 0.2) is 4.79 Å². The number of piperidine rings is 1. The van der Waals surface area contributed by atoms with E-state index < -0.39 is 0 Å². The van der Waals surface area contributed by atoms with Crippen LogP contribution in [0.1, 0.15) is 48.6 Å². The molecule has 1 amide bonds. The Kier molecular flexibility index (Phi) is 5.02. The summed E-state index contributed by atoms with van der Waals surface area (Å²) < 4.78 is 0. The number of nitrogens with one attached hydrogen (secondary N) is 1. The molecule has 22 heavy (non-hydrogen) atoms. The summed E-state index contributed by atoms with van der Waals surface area (Å²) in [6, 6.07) is 1.95. The number of rotatable bonds is 3. The highest BCUT2D eigenvalue weighted by molar-refractivity contribution is 5.76. The maximum absolute atomic E-state index is 12.3. The summed E-state index contributed by atoms with van der Waals surface area (Å²) >= 11 is 0. The Labute approximate surface area is 130 Å². The standard InChI is InChI=1S/C17H23N3O2/c1-11-5-4-8-20(10-11)16(21)7-6-14-12(2)15(9-18)17(22)19-13(14)3/h11H,4-8,10H2,1-3H3,(H,19,22)/t11-/m1/s1. The smallest absolute Gasteiger partial charge is 0.266 e. The van der Waals surface area contributed by atoms with Crippen molar-refractivity contribution in [2.24, 2.45) is 5.92 Å². The molecule has 1 aromatic heterocycles. The molecule has 0 aromatic carbocycles. The molecule has 0 saturated carbocycles. The number of likely N-dealkylation sites (tertiary alicyclic amines) is 1. The van der Waals surface area contributed by atoms with Gasteiger partial charge in [-0.3, -0.25) is 9.59 Å². The van der Waals surface area contributed by atoms with Crippen LogP contribution in [0.2, 0.25) is 0 Å². The highest BCUT2D eigenvalue weighted by Gasteiger charge is 2.21. The van der Waals surface area contributed by atoms with E-state index in [1.165, 1.54) is 6.42 Å². The first-order chi connectivity index (χ1) is 10.4. The molecule has 1 fully saturated rings. The van der Waals surface area contributed by atoms with Gasteiger partial charge in [0.25, 0.3) is 5.56 Å². The Morgan fingerprint density at radius 3 is 2.82 bits per heavy atom. The van der Waals surface area contributed by atoms with Gasteiger partial charge < -0.3 is 9.88 Å². The SMILES string of the molecule is Cc1[nH]c(=O)c(C#N)c(C)c1CCC(=O)N1CCC[C@@H](C)C1. The van der Waals surface area contributed by atoms with E-state index >= 15 is 0 Å². The molecule has 2 rings (SSSR count). The Morgan fingerprint density at radius 2 is 2.18 bits per heavy atom. The van der Waals surface area contributed by atoms with Crippen molar-refractivity contribution in [1.29, 1.82) is 5.26 Å². The van der Waals surface area contributed by atoms with Gasteiger partial charge in [-0.25, -0.2) is 0 Å². The topological polar surface area (TPSA) is 77.0 Å². The third kappa shape index (κ3) is 3.38. The summed E-state index contributed by atoms with van der Waals surface area (Å²) in [6.45, 7) is 7.46. The summed E-state index contributed by atoms with van der Waals surface area (Å²) in [4.78, 5) is 28.7. The lowest BCUT2D eigenvalue weighted by atomic mass is 9.97. The number of carbonyl (C=O) groups is 1. The number of pyridine rings is 1. The molecule has 1 aliphatic heterocycles. The first-order valence-electron chi connectivity index (χ1n) is 7.84. The van der Waals surface area contributed by atoms with Crippen LogP contribution in [0.4, 0.5) is 0 Å². The zero-order chi connectivity index (χ0) is 16.3. The van der Waals surface area contributed by atoms with Crippen molar-refractivity contribution in [1.82, 2.24) is 9.88 Å². The van der Waals surface area contributed by atoms with E-state index in [4.69, 9.17) is 5.26 Å². The van der Waals surface area contributed by atoms with E-state index in [-0.39, 0.29) is 17.0 Å². The molecule has 1 saturated heterocycles. The molecule has 2 heterocycles. The van der Waals surface area contributed by atoms with Gasteiger partial charge >= 0.3 is 0 Å². The maximum atomic E-state index is 12.3. The number of hydrogen-bond acceptors (Lipinski definition) is 3. The van der Waals surface area contributed by atoms with E-state index in [1.807, 2.05) is 17.9 Å². The normalized spacial score (nSPS) is 18.1. The molecule has 118 valence electrons. The zero-order valence-electron chi connectivity index (χ0n) is 13.5. The lowest BCUT2D eigenvalue weighted by Gasteiger charge is -2.31. The number of hydrogen-bond donors (Lipinski definition) is 1. The van der Waals surface area contributed by atoms with Crippen molar-refractivity contribution >= 4 is 5.91 Å². The largest absolute Gasteiger partial charge is 0.342 e. The van der Waals surface area contributed by atoms with Gasteiger partial charge in [-0.15, -0.1) is 0 Å². The van der Waals surface area contributed by atoms with E-state index in [1.54, 1.807) is 6.92 Å². The second kappa shape index (κ2) is 6.78. The van der Waals surface area contributed by atoms with Gasteiger partial charge in [-0.2, -0.15) is 5.26 Å². The minimum Gasteiger partial charge on any atom is -0.342 e. The Balaban J connectivity index is 2.10. The molecular weight excluding hydrogens is 278 g/mol. The van der Waals surface area contributed by atoms with Crippen LogP contribution in [0.25, 0.3) is 0 Å². The van der Waals surface area contributed by atoms with Crippen LogP contribution in [-0.2, 0) is 11.2 Å². The minimum atomic E-state index is -0.350. The molecule has 1 atom stereocenters. The fraction of sp³-hybridized carbons (Fsp3) is 0.588. The van der Waals surface area contributed by atoms with E-state index in [9.17, 15) is 9.59 Å². The van der Waals surface area contributed by atoms with Crippen molar-refractivity contribution in [3.05, 3.63) is 32.7 Å². The number of carbonyl (C=O) groups excluding carboxylic acids is 1. The first-order valence-corrected chi connectivity index (χ1v) is 7.84. The molecule has 0 bridgehead atoms.